The highest BCUT2D eigenvalue weighted by Crippen LogP contribution is 2.47. The van der Waals surface area contributed by atoms with Crippen molar-refractivity contribution < 1.29 is 19.2 Å². The van der Waals surface area contributed by atoms with E-state index >= 15 is 0 Å². The van der Waals surface area contributed by atoms with Crippen LogP contribution in [0.2, 0.25) is 5.02 Å². The van der Waals surface area contributed by atoms with E-state index < -0.39 is 24.0 Å². The molecule has 3 atom stereocenters. The van der Waals surface area contributed by atoms with Crippen LogP contribution in [-0.4, -0.2) is 17.9 Å². The molecular weight excluding hydrogens is 488 g/mol. The Labute approximate surface area is 219 Å². The number of ether oxygens (including phenoxy) is 1. The zero-order chi connectivity index (χ0) is 25.4. The minimum absolute atomic E-state index is 0.315. The lowest BCUT2D eigenvalue weighted by atomic mass is 9.90. The van der Waals surface area contributed by atoms with E-state index in [0.717, 1.165) is 16.8 Å². The molecule has 2 amide bonds. The summed E-state index contributed by atoms with van der Waals surface area (Å²) in [7, 11) is 0. The molecule has 184 valence electrons. The summed E-state index contributed by atoms with van der Waals surface area (Å²) in [5.41, 5.74) is 3.12. The maximum Gasteiger partial charge on any atom is 0.266 e. The molecule has 2 saturated heterocycles. The smallest absolute Gasteiger partial charge is 0.266 e. The molecule has 0 aromatic heterocycles. The number of anilines is 2. The van der Waals surface area contributed by atoms with Crippen LogP contribution in [0, 0.1) is 5.92 Å². The maximum atomic E-state index is 13.7. The third-order valence-electron chi connectivity index (χ3n) is 6.66. The SMILES string of the molecule is O=C1[C@@H]2[C@H](ON(c3ccccc3)[C@@H]2c2ccc(OCc3ccccc3)cc2)C(=O)N1c1cccc(Cl)c1. The number of imide groups is 1. The van der Waals surface area contributed by atoms with E-state index in [1.54, 1.807) is 29.3 Å². The van der Waals surface area contributed by atoms with Crippen molar-refractivity contribution in [3.63, 3.8) is 0 Å². The summed E-state index contributed by atoms with van der Waals surface area (Å²) >= 11 is 6.15. The van der Waals surface area contributed by atoms with Crippen molar-refractivity contribution >= 4 is 34.8 Å². The molecule has 6 nitrogen and oxygen atoms in total. The van der Waals surface area contributed by atoms with Crippen LogP contribution in [0.15, 0.2) is 109 Å². The van der Waals surface area contributed by atoms with Crippen LogP contribution >= 0.6 is 11.6 Å². The highest BCUT2D eigenvalue weighted by Gasteiger charge is 2.60. The zero-order valence-corrected chi connectivity index (χ0v) is 20.5. The number of hydroxylamine groups is 1. The number of halogens is 1. The summed E-state index contributed by atoms with van der Waals surface area (Å²) in [4.78, 5) is 34.5. The van der Waals surface area contributed by atoms with Gasteiger partial charge in [-0.3, -0.25) is 14.4 Å². The molecule has 6 rings (SSSR count). The first-order valence-corrected chi connectivity index (χ1v) is 12.4. The standard InChI is InChI=1S/C30H23ClN2O4/c31-22-10-7-13-24(18-22)32-29(34)26-27(33(37-28(26)30(32)35)23-11-5-2-6-12-23)21-14-16-25(17-15-21)36-19-20-8-3-1-4-9-20/h1-18,26-28H,19H2/t26-,27+,28-/m0/s1. The van der Waals surface area contributed by atoms with Gasteiger partial charge in [-0.1, -0.05) is 78.3 Å². The molecule has 0 spiro atoms. The Morgan fingerprint density at radius 1 is 0.757 bits per heavy atom. The molecule has 0 unspecified atom stereocenters. The first-order chi connectivity index (χ1) is 18.1. The van der Waals surface area contributed by atoms with Gasteiger partial charge in [0, 0.05) is 5.02 Å². The normalized spacial score (nSPS) is 20.8. The van der Waals surface area contributed by atoms with Crippen molar-refractivity contribution in [3.8, 4) is 5.75 Å². The van der Waals surface area contributed by atoms with Gasteiger partial charge in [-0.15, -0.1) is 0 Å². The fourth-order valence-corrected chi connectivity index (χ4v) is 5.11. The Hall–Kier alpha value is -4.13. The molecule has 0 aliphatic carbocycles. The van der Waals surface area contributed by atoms with Gasteiger partial charge in [-0.25, -0.2) is 9.96 Å². The number of hydrogen-bond acceptors (Lipinski definition) is 5. The first kappa shape index (κ1) is 23.3. The van der Waals surface area contributed by atoms with Crippen molar-refractivity contribution in [2.24, 2.45) is 5.92 Å². The predicted molar refractivity (Wildman–Crippen MR) is 141 cm³/mol. The van der Waals surface area contributed by atoms with Crippen LogP contribution in [0.25, 0.3) is 0 Å². The molecule has 37 heavy (non-hydrogen) atoms. The highest BCUT2D eigenvalue weighted by molar-refractivity contribution is 6.31. The third kappa shape index (κ3) is 4.35. The molecule has 2 aliphatic rings. The lowest BCUT2D eigenvalue weighted by Gasteiger charge is -2.29. The third-order valence-corrected chi connectivity index (χ3v) is 6.90. The molecule has 0 bridgehead atoms. The molecule has 2 heterocycles. The van der Waals surface area contributed by atoms with E-state index in [1.165, 1.54) is 4.90 Å². The molecule has 0 radical (unpaired) electrons. The molecule has 0 N–H and O–H groups in total. The monoisotopic (exact) mass is 510 g/mol. The number of para-hydroxylation sites is 1. The number of nitrogens with zero attached hydrogens (tertiary/aromatic N) is 2. The number of fused-ring (bicyclic) bond motifs is 1. The van der Waals surface area contributed by atoms with Gasteiger partial charge < -0.3 is 4.74 Å². The van der Waals surface area contributed by atoms with Gasteiger partial charge in [0.1, 0.15) is 18.3 Å². The van der Waals surface area contributed by atoms with Gasteiger partial charge >= 0.3 is 0 Å². The average Bonchev–Trinajstić information content (AvgIpc) is 3.44. The number of carbonyl (C=O) groups is 2. The molecule has 2 aliphatic heterocycles. The number of hydrogen-bond donors (Lipinski definition) is 0. The van der Waals surface area contributed by atoms with Gasteiger partial charge in [0.2, 0.25) is 5.91 Å². The Morgan fingerprint density at radius 3 is 2.14 bits per heavy atom. The van der Waals surface area contributed by atoms with E-state index in [2.05, 4.69) is 0 Å². The summed E-state index contributed by atoms with van der Waals surface area (Å²) in [6.07, 6.45) is -0.939. The summed E-state index contributed by atoms with van der Waals surface area (Å²) in [5, 5.41) is 2.13. The van der Waals surface area contributed by atoms with Crippen LogP contribution in [-0.2, 0) is 21.0 Å². The van der Waals surface area contributed by atoms with Crippen molar-refractivity contribution in [2.75, 3.05) is 9.96 Å². The Balaban J connectivity index is 1.32. The Kier molecular flexibility index (Phi) is 6.12. The van der Waals surface area contributed by atoms with E-state index in [-0.39, 0.29) is 5.91 Å². The maximum absolute atomic E-state index is 13.7. The number of benzene rings is 4. The molecule has 4 aromatic carbocycles. The minimum atomic E-state index is -0.939. The van der Waals surface area contributed by atoms with Gasteiger partial charge in [0.15, 0.2) is 6.10 Å². The van der Waals surface area contributed by atoms with Gasteiger partial charge in [-0.2, -0.15) is 0 Å². The fourth-order valence-electron chi connectivity index (χ4n) is 4.92. The number of rotatable bonds is 6. The van der Waals surface area contributed by atoms with Crippen molar-refractivity contribution in [2.45, 2.75) is 18.8 Å². The quantitative estimate of drug-likeness (QED) is 0.299. The van der Waals surface area contributed by atoms with Crippen LogP contribution < -0.4 is 14.7 Å². The molecule has 7 heteroatoms. The van der Waals surface area contributed by atoms with Crippen LogP contribution in [0.1, 0.15) is 17.2 Å². The second kappa shape index (κ2) is 9.73. The van der Waals surface area contributed by atoms with Gasteiger partial charge in [0.25, 0.3) is 5.91 Å². The molecular formula is C30H23ClN2O4. The summed E-state index contributed by atoms with van der Waals surface area (Å²) in [6, 6.07) is 33.3. The lowest BCUT2D eigenvalue weighted by molar-refractivity contribution is -0.126. The predicted octanol–water partition coefficient (Wildman–Crippen LogP) is 5.97. The molecule has 4 aromatic rings. The zero-order valence-electron chi connectivity index (χ0n) is 19.7. The van der Waals surface area contributed by atoms with Crippen molar-refractivity contribution in [1.82, 2.24) is 0 Å². The number of amides is 2. The van der Waals surface area contributed by atoms with E-state index in [4.69, 9.17) is 21.2 Å². The van der Waals surface area contributed by atoms with Gasteiger partial charge in [0.05, 0.1) is 17.4 Å². The van der Waals surface area contributed by atoms with Crippen molar-refractivity contribution in [3.05, 3.63) is 125 Å². The van der Waals surface area contributed by atoms with Gasteiger partial charge in [-0.05, 0) is 53.6 Å². The van der Waals surface area contributed by atoms with Crippen LogP contribution in [0.4, 0.5) is 11.4 Å². The number of carbonyl (C=O) groups excluding carboxylic acids is 2. The summed E-state index contributed by atoms with van der Waals surface area (Å²) in [6.45, 7) is 0.454. The van der Waals surface area contributed by atoms with Crippen LogP contribution in [0.3, 0.4) is 0 Å². The Morgan fingerprint density at radius 2 is 1.43 bits per heavy atom. The topological polar surface area (TPSA) is 59.1 Å². The highest BCUT2D eigenvalue weighted by atomic mass is 35.5. The minimum Gasteiger partial charge on any atom is -0.489 e. The fraction of sp³-hybridized carbons (Fsp3) is 0.133. The van der Waals surface area contributed by atoms with Crippen molar-refractivity contribution in [1.29, 1.82) is 0 Å². The average molecular weight is 511 g/mol. The summed E-state index contributed by atoms with van der Waals surface area (Å²) < 4.78 is 5.95. The first-order valence-electron chi connectivity index (χ1n) is 12.0. The molecule has 0 saturated carbocycles. The van der Waals surface area contributed by atoms with E-state index in [1.807, 2.05) is 84.9 Å². The second-order valence-corrected chi connectivity index (χ2v) is 9.43. The van der Waals surface area contributed by atoms with E-state index in [9.17, 15) is 9.59 Å². The largest absolute Gasteiger partial charge is 0.489 e. The summed E-state index contributed by atoms with van der Waals surface area (Å²) in [5.74, 6) is -0.722. The second-order valence-electron chi connectivity index (χ2n) is 8.99. The van der Waals surface area contributed by atoms with Crippen LogP contribution in [0.5, 0.6) is 5.75 Å². The lowest BCUT2D eigenvalue weighted by Crippen LogP contribution is -2.37. The molecule has 2 fully saturated rings. The van der Waals surface area contributed by atoms with E-state index in [0.29, 0.717) is 23.1 Å². The Bertz CT molecular complexity index is 1430.